The minimum atomic E-state index is -4.41. The summed E-state index contributed by atoms with van der Waals surface area (Å²) < 4.78 is 37.9. The van der Waals surface area contributed by atoms with Crippen LogP contribution in [-0.2, 0) is 28.6 Å². The summed E-state index contributed by atoms with van der Waals surface area (Å²) in [4.78, 5) is 33.6. The molecular formula is C26H27F3N4O3. The molecule has 2 aromatic rings. The van der Waals surface area contributed by atoms with Gasteiger partial charge in [0.05, 0.1) is 12.0 Å². The Bertz CT molecular complexity index is 1200. The van der Waals surface area contributed by atoms with Crippen LogP contribution in [0.5, 0.6) is 0 Å². The van der Waals surface area contributed by atoms with Crippen molar-refractivity contribution in [1.82, 2.24) is 15.3 Å². The predicted octanol–water partition coefficient (Wildman–Crippen LogP) is 4.58. The third-order valence-electron chi connectivity index (χ3n) is 4.81. The fourth-order valence-electron chi connectivity index (χ4n) is 3.04. The molecular weight excluding hydrogens is 473 g/mol. The van der Waals surface area contributed by atoms with E-state index in [1.807, 2.05) is 0 Å². The molecule has 0 fully saturated rings. The highest BCUT2D eigenvalue weighted by atomic mass is 19.4. The molecule has 0 radical (unpaired) electrons. The molecule has 7 nitrogen and oxygen atoms in total. The van der Waals surface area contributed by atoms with Crippen LogP contribution in [0.2, 0.25) is 0 Å². The number of hydrogen-bond donors (Lipinski definition) is 2. The van der Waals surface area contributed by atoms with Gasteiger partial charge in [-0.2, -0.15) is 13.2 Å². The van der Waals surface area contributed by atoms with Crippen LogP contribution >= 0.6 is 0 Å². The fraction of sp³-hybridized carbons (Fsp3) is 0.231. The van der Waals surface area contributed by atoms with Gasteiger partial charge in [-0.3, -0.25) is 9.59 Å². The van der Waals surface area contributed by atoms with Gasteiger partial charge >= 0.3 is 12.1 Å². The van der Waals surface area contributed by atoms with Crippen LogP contribution in [0.3, 0.4) is 0 Å². The number of nitrogens with zero attached hydrogens (tertiary/aromatic N) is 3. The fourth-order valence-corrected chi connectivity index (χ4v) is 3.04. The number of alkyl halides is 3. The summed E-state index contributed by atoms with van der Waals surface area (Å²) in [6.45, 7) is 5.47. The molecule has 1 aromatic carbocycles. The zero-order valence-corrected chi connectivity index (χ0v) is 20.1. The van der Waals surface area contributed by atoms with E-state index in [1.165, 1.54) is 30.5 Å². The predicted molar refractivity (Wildman–Crippen MR) is 132 cm³/mol. The lowest BCUT2D eigenvalue weighted by Gasteiger charge is -2.16. The SMILES string of the molecule is C=CC(=CC=C(C)NC(=O)C=Cc1ccc(C(F)(F)F)cc1)Cc1ncc(CC(=O)O)c(N(C)C)n1. The summed E-state index contributed by atoms with van der Waals surface area (Å²) in [7, 11) is 3.53. The first-order valence-corrected chi connectivity index (χ1v) is 10.8. The van der Waals surface area contributed by atoms with Crippen molar-refractivity contribution in [3.8, 4) is 0 Å². The molecule has 0 bridgehead atoms. The number of nitrogens with one attached hydrogen (secondary N) is 1. The number of carbonyl (C=O) groups excluding carboxylic acids is 1. The molecule has 0 aliphatic heterocycles. The van der Waals surface area contributed by atoms with Crippen molar-refractivity contribution in [3.63, 3.8) is 0 Å². The standard InChI is InChI=1S/C26H27F3N4O3/c1-5-18(14-22-30-16-20(15-24(35)36)25(32-22)33(3)4)7-6-17(2)31-23(34)13-10-19-8-11-21(12-9-19)26(27,28)29/h5-13,16H,1,14-15H2,2-4H3,(H,31,34)(H,35,36). The third-order valence-corrected chi connectivity index (χ3v) is 4.81. The van der Waals surface area contributed by atoms with Crippen LogP contribution in [0.4, 0.5) is 19.0 Å². The minimum Gasteiger partial charge on any atom is -0.481 e. The van der Waals surface area contributed by atoms with Gasteiger partial charge in [0.2, 0.25) is 5.91 Å². The van der Waals surface area contributed by atoms with Crippen molar-refractivity contribution in [1.29, 1.82) is 0 Å². The number of carboxylic acids is 1. The van der Waals surface area contributed by atoms with Crippen molar-refractivity contribution < 1.29 is 27.9 Å². The number of halogens is 3. The molecule has 2 rings (SSSR count). The molecule has 2 N–H and O–H groups in total. The van der Waals surface area contributed by atoms with Gasteiger partial charge < -0.3 is 15.3 Å². The van der Waals surface area contributed by atoms with Crippen LogP contribution in [0.1, 0.15) is 29.4 Å². The zero-order valence-electron chi connectivity index (χ0n) is 20.1. The van der Waals surface area contributed by atoms with Gasteiger partial charge in [0.15, 0.2) is 0 Å². The number of anilines is 1. The number of hydrogen-bond acceptors (Lipinski definition) is 5. The highest BCUT2D eigenvalue weighted by molar-refractivity contribution is 5.92. The molecule has 0 spiro atoms. The van der Waals surface area contributed by atoms with E-state index in [9.17, 15) is 22.8 Å². The number of allylic oxidation sites excluding steroid dienone is 5. The van der Waals surface area contributed by atoms with Crippen molar-refractivity contribution in [3.05, 3.63) is 95.1 Å². The van der Waals surface area contributed by atoms with Crippen molar-refractivity contribution >= 4 is 23.8 Å². The van der Waals surface area contributed by atoms with Crippen LogP contribution in [0, 0.1) is 0 Å². The lowest BCUT2D eigenvalue weighted by molar-refractivity contribution is -0.138. The second-order valence-electron chi connectivity index (χ2n) is 8.01. The Balaban J connectivity index is 2.05. The zero-order chi connectivity index (χ0) is 26.9. The Kier molecular flexibility index (Phi) is 9.72. The van der Waals surface area contributed by atoms with Gasteiger partial charge in [-0.05, 0) is 42.3 Å². The summed E-state index contributed by atoms with van der Waals surface area (Å²) in [5.74, 6) is -0.415. The van der Waals surface area contributed by atoms with E-state index in [0.29, 0.717) is 34.9 Å². The quantitative estimate of drug-likeness (QED) is 0.366. The maximum Gasteiger partial charge on any atom is 0.416 e. The van der Waals surface area contributed by atoms with E-state index < -0.39 is 23.6 Å². The first kappa shape index (κ1) is 28.0. The summed E-state index contributed by atoms with van der Waals surface area (Å²) in [6, 6.07) is 4.48. The Morgan fingerprint density at radius 3 is 2.36 bits per heavy atom. The number of carbonyl (C=O) groups is 2. The van der Waals surface area contributed by atoms with Gasteiger partial charge in [-0.25, -0.2) is 9.97 Å². The molecule has 0 saturated heterocycles. The first-order valence-electron chi connectivity index (χ1n) is 10.8. The Morgan fingerprint density at radius 1 is 1.14 bits per heavy atom. The molecule has 1 aromatic heterocycles. The third kappa shape index (κ3) is 8.86. The summed E-state index contributed by atoms with van der Waals surface area (Å²) in [5, 5.41) is 11.7. The lowest BCUT2D eigenvalue weighted by Crippen LogP contribution is -2.18. The monoisotopic (exact) mass is 500 g/mol. The van der Waals surface area contributed by atoms with Gasteiger partial charge in [0, 0.05) is 44.0 Å². The van der Waals surface area contributed by atoms with E-state index in [2.05, 4.69) is 21.9 Å². The Morgan fingerprint density at radius 2 is 1.81 bits per heavy atom. The summed E-state index contributed by atoms with van der Waals surface area (Å²) in [5.41, 5.74) is 1.50. The number of aromatic nitrogens is 2. The van der Waals surface area contributed by atoms with Gasteiger partial charge in [0.1, 0.15) is 11.6 Å². The summed E-state index contributed by atoms with van der Waals surface area (Å²) >= 11 is 0. The normalized spacial score (nSPS) is 12.5. The van der Waals surface area contributed by atoms with Crippen LogP contribution in [0.15, 0.2) is 72.6 Å². The molecule has 0 unspecified atom stereocenters. The average molecular weight is 501 g/mol. The topological polar surface area (TPSA) is 95.4 Å². The number of aliphatic carboxylic acids is 1. The first-order chi connectivity index (χ1) is 16.9. The number of benzene rings is 1. The van der Waals surface area contributed by atoms with Crippen LogP contribution in [-0.4, -0.2) is 41.0 Å². The van der Waals surface area contributed by atoms with E-state index in [-0.39, 0.29) is 6.42 Å². The van der Waals surface area contributed by atoms with E-state index >= 15 is 0 Å². The highest BCUT2D eigenvalue weighted by Crippen LogP contribution is 2.29. The Hall–Kier alpha value is -4.21. The second kappa shape index (κ2) is 12.5. The lowest BCUT2D eigenvalue weighted by atomic mass is 10.1. The van der Waals surface area contributed by atoms with Crippen molar-refractivity contribution in [2.24, 2.45) is 0 Å². The van der Waals surface area contributed by atoms with E-state index in [0.717, 1.165) is 17.7 Å². The van der Waals surface area contributed by atoms with Crippen LogP contribution in [0.25, 0.3) is 6.08 Å². The molecule has 36 heavy (non-hydrogen) atoms. The molecule has 0 aliphatic carbocycles. The van der Waals surface area contributed by atoms with Gasteiger partial charge in [-0.15, -0.1) is 0 Å². The van der Waals surface area contributed by atoms with Crippen LogP contribution < -0.4 is 10.2 Å². The summed E-state index contributed by atoms with van der Waals surface area (Å²) in [6.07, 6.45) is 4.92. The largest absolute Gasteiger partial charge is 0.481 e. The molecule has 0 saturated carbocycles. The van der Waals surface area contributed by atoms with E-state index in [1.54, 1.807) is 44.1 Å². The highest BCUT2D eigenvalue weighted by Gasteiger charge is 2.29. The smallest absolute Gasteiger partial charge is 0.416 e. The second-order valence-corrected chi connectivity index (χ2v) is 8.01. The Labute approximate surface area is 207 Å². The average Bonchev–Trinajstić information content (AvgIpc) is 2.80. The van der Waals surface area contributed by atoms with E-state index in [4.69, 9.17) is 5.11 Å². The molecule has 1 heterocycles. The number of carboxylic acid groups (broad SMARTS) is 1. The molecule has 0 aliphatic rings. The molecule has 0 atom stereocenters. The van der Waals surface area contributed by atoms with Crippen molar-refractivity contribution in [2.45, 2.75) is 25.9 Å². The minimum absolute atomic E-state index is 0.188. The van der Waals surface area contributed by atoms with Crippen molar-refractivity contribution in [2.75, 3.05) is 19.0 Å². The number of amides is 1. The molecule has 1 amide bonds. The van der Waals surface area contributed by atoms with Gasteiger partial charge in [-0.1, -0.05) is 30.9 Å². The number of rotatable bonds is 10. The van der Waals surface area contributed by atoms with Gasteiger partial charge in [0.25, 0.3) is 0 Å². The molecule has 190 valence electrons. The maximum atomic E-state index is 12.6. The maximum absolute atomic E-state index is 12.6. The molecule has 10 heteroatoms.